The monoisotopic (exact) mass is 913 g/mol. The van der Waals surface area contributed by atoms with Gasteiger partial charge in [-0.25, -0.2) is 0 Å². The van der Waals surface area contributed by atoms with Gasteiger partial charge in [-0.1, -0.05) is 219 Å². The van der Waals surface area contributed by atoms with Gasteiger partial charge in [-0.2, -0.15) is 0 Å². The molecular weight excluding hydrogens is 817 g/mol. The van der Waals surface area contributed by atoms with Crippen LogP contribution in [0.3, 0.4) is 0 Å². The van der Waals surface area contributed by atoms with E-state index in [2.05, 4.69) is 93.7 Å². The summed E-state index contributed by atoms with van der Waals surface area (Å²) in [5, 5.41) is 0. The first kappa shape index (κ1) is 61.8. The van der Waals surface area contributed by atoms with Crippen LogP contribution in [-0.2, 0) is 28.6 Å². The van der Waals surface area contributed by atoms with Gasteiger partial charge in [0.05, 0.1) is 0 Å². The molecule has 0 spiro atoms. The highest BCUT2D eigenvalue weighted by Gasteiger charge is 2.19. The molecule has 6 nitrogen and oxygen atoms in total. The minimum absolute atomic E-state index is 0.124. The molecule has 0 aromatic carbocycles. The average Bonchev–Trinajstić information content (AvgIpc) is 3.31. The Labute approximate surface area is 405 Å². The second-order valence-corrected chi connectivity index (χ2v) is 17.2. The Bertz CT molecular complexity index is 1420. The first-order valence-electron chi connectivity index (χ1n) is 26.6. The molecule has 0 aliphatic heterocycles. The number of allylic oxidation sites excluding steroid dienone is 20. The third-order valence-corrected chi connectivity index (χ3v) is 10.8. The summed E-state index contributed by atoms with van der Waals surface area (Å²) < 4.78 is 16.7. The highest BCUT2D eigenvalue weighted by molar-refractivity contribution is 5.71. The number of carbonyl (C=O) groups excluding carboxylic acids is 3. The number of esters is 3. The molecule has 0 saturated carbocycles. The molecule has 0 bridgehead atoms. The van der Waals surface area contributed by atoms with Crippen molar-refractivity contribution < 1.29 is 28.6 Å². The predicted octanol–water partition coefficient (Wildman–Crippen LogP) is 17.7. The lowest BCUT2D eigenvalue weighted by molar-refractivity contribution is -0.167. The molecule has 66 heavy (non-hydrogen) atoms. The number of unbranched alkanes of at least 4 members (excludes halogenated alkanes) is 19. The van der Waals surface area contributed by atoms with Gasteiger partial charge in [0.25, 0.3) is 0 Å². The fraction of sp³-hybridized carbons (Fsp3) is 0.617. The van der Waals surface area contributed by atoms with Crippen molar-refractivity contribution in [3.05, 3.63) is 122 Å². The Morgan fingerprint density at radius 3 is 1.18 bits per heavy atom. The van der Waals surface area contributed by atoms with Gasteiger partial charge in [-0.15, -0.1) is 0 Å². The first-order chi connectivity index (χ1) is 32.5. The summed E-state index contributed by atoms with van der Waals surface area (Å²) in [5.41, 5.74) is 0. The second kappa shape index (κ2) is 53.4. The van der Waals surface area contributed by atoms with Crippen molar-refractivity contribution in [2.24, 2.45) is 0 Å². The third kappa shape index (κ3) is 50.8. The van der Waals surface area contributed by atoms with Crippen LogP contribution in [0.4, 0.5) is 0 Å². The van der Waals surface area contributed by atoms with E-state index in [0.29, 0.717) is 19.3 Å². The Balaban J connectivity index is 4.58. The minimum Gasteiger partial charge on any atom is -0.462 e. The van der Waals surface area contributed by atoms with Gasteiger partial charge >= 0.3 is 17.9 Å². The topological polar surface area (TPSA) is 78.9 Å². The number of ether oxygens (including phenoxy) is 3. The molecule has 0 amide bonds. The molecule has 1 unspecified atom stereocenters. The van der Waals surface area contributed by atoms with Crippen molar-refractivity contribution in [3.63, 3.8) is 0 Å². The summed E-state index contributed by atoms with van der Waals surface area (Å²) in [5.74, 6) is -1.03. The normalized spacial score (nSPS) is 13.1. The maximum Gasteiger partial charge on any atom is 0.306 e. The van der Waals surface area contributed by atoms with Gasteiger partial charge in [0.2, 0.25) is 0 Å². The second-order valence-electron chi connectivity index (χ2n) is 17.2. The van der Waals surface area contributed by atoms with Crippen LogP contribution in [-0.4, -0.2) is 37.2 Å². The van der Waals surface area contributed by atoms with Crippen LogP contribution in [0.2, 0.25) is 0 Å². The van der Waals surface area contributed by atoms with Crippen LogP contribution in [0.15, 0.2) is 122 Å². The Morgan fingerprint density at radius 1 is 0.333 bits per heavy atom. The summed E-state index contributed by atoms with van der Waals surface area (Å²) in [6.07, 6.45) is 73.3. The zero-order valence-corrected chi connectivity index (χ0v) is 42.4. The molecule has 0 aliphatic rings. The van der Waals surface area contributed by atoms with E-state index in [4.69, 9.17) is 14.2 Å². The Kier molecular flexibility index (Phi) is 50.0. The van der Waals surface area contributed by atoms with E-state index in [-0.39, 0.29) is 37.5 Å². The molecule has 0 radical (unpaired) electrons. The van der Waals surface area contributed by atoms with Crippen LogP contribution in [0.5, 0.6) is 0 Å². The molecular formula is C60H96O6. The molecule has 0 aromatic rings. The number of hydrogen-bond donors (Lipinski definition) is 0. The quantitative estimate of drug-likeness (QED) is 0.0199. The summed E-state index contributed by atoms with van der Waals surface area (Å²) in [6, 6.07) is 0. The van der Waals surface area contributed by atoms with E-state index in [0.717, 1.165) is 89.9 Å². The molecule has 0 fully saturated rings. The maximum atomic E-state index is 12.8. The molecule has 0 N–H and O–H groups in total. The Hall–Kier alpha value is -4.19. The minimum atomic E-state index is -0.825. The van der Waals surface area contributed by atoms with Crippen molar-refractivity contribution >= 4 is 17.9 Å². The van der Waals surface area contributed by atoms with Gasteiger partial charge in [-0.05, 0) is 103 Å². The predicted molar refractivity (Wildman–Crippen MR) is 283 cm³/mol. The molecule has 0 aliphatic carbocycles. The lowest BCUT2D eigenvalue weighted by Crippen LogP contribution is -2.30. The van der Waals surface area contributed by atoms with Crippen molar-refractivity contribution in [2.75, 3.05) is 13.2 Å². The largest absolute Gasteiger partial charge is 0.462 e. The summed E-state index contributed by atoms with van der Waals surface area (Å²) in [4.78, 5) is 38.0. The number of hydrogen-bond acceptors (Lipinski definition) is 6. The SMILES string of the molecule is CC\C=C/C=C\C=C/C=C\C=C/CCCCCC(=O)OCC(COC(=O)CCC/C=C\C/C=C\C/C=C\C/C=C\CCCCC)OC(=O)CCCCCCC/C=C\CCCCCCCCC. The lowest BCUT2D eigenvalue weighted by atomic mass is 10.1. The molecule has 0 aromatic heterocycles. The highest BCUT2D eigenvalue weighted by Crippen LogP contribution is 2.13. The molecule has 0 heterocycles. The van der Waals surface area contributed by atoms with E-state index in [1.807, 2.05) is 48.6 Å². The summed E-state index contributed by atoms with van der Waals surface area (Å²) in [7, 11) is 0. The van der Waals surface area contributed by atoms with Crippen molar-refractivity contribution in [1.82, 2.24) is 0 Å². The van der Waals surface area contributed by atoms with E-state index < -0.39 is 6.10 Å². The zero-order valence-electron chi connectivity index (χ0n) is 42.4. The number of carbonyl (C=O) groups is 3. The van der Waals surface area contributed by atoms with Crippen LogP contribution in [0, 0.1) is 0 Å². The van der Waals surface area contributed by atoms with Gasteiger partial charge < -0.3 is 14.2 Å². The highest BCUT2D eigenvalue weighted by atomic mass is 16.6. The molecule has 1 atom stereocenters. The van der Waals surface area contributed by atoms with E-state index >= 15 is 0 Å². The standard InChI is InChI=1S/C60H96O6/c1-4-7-10-13-16-19-22-25-28-30-33-35-38-41-44-47-50-53-59(62)65-56-57(55-64-58(61)52-49-46-43-40-37-34-31-27-24-21-18-15-12-9-6-3)66-60(63)54-51-48-45-42-39-36-32-29-26-23-20-17-14-11-8-5-2/h9,12,15-16,18-19,21,24-25,27-29,31-35,37,41,44,57H,4-8,10-11,13-14,17,20,22-23,26,30,36,38-40,42-43,45-56H2,1-3H3/b12-9-,18-15-,19-16-,24-21-,28-25-,31-27-,32-29-,35-33-,37-34-,44-41-. The van der Waals surface area contributed by atoms with Crippen LogP contribution in [0.1, 0.15) is 220 Å². The molecule has 0 saturated heterocycles. The van der Waals surface area contributed by atoms with Crippen molar-refractivity contribution in [1.29, 1.82) is 0 Å². The number of rotatable bonds is 46. The fourth-order valence-electron chi connectivity index (χ4n) is 6.80. The Morgan fingerprint density at radius 2 is 0.667 bits per heavy atom. The van der Waals surface area contributed by atoms with Crippen LogP contribution < -0.4 is 0 Å². The van der Waals surface area contributed by atoms with Crippen LogP contribution >= 0.6 is 0 Å². The van der Waals surface area contributed by atoms with E-state index in [1.165, 1.54) is 83.5 Å². The van der Waals surface area contributed by atoms with Crippen molar-refractivity contribution in [3.8, 4) is 0 Å². The third-order valence-electron chi connectivity index (χ3n) is 10.8. The summed E-state index contributed by atoms with van der Waals surface area (Å²) >= 11 is 0. The van der Waals surface area contributed by atoms with Gasteiger partial charge in [0, 0.05) is 19.3 Å². The van der Waals surface area contributed by atoms with Gasteiger partial charge in [0.15, 0.2) is 6.10 Å². The fourth-order valence-corrected chi connectivity index (χ4v) is 6.80. The maximum absolute atomic E-state index is 12.8. The average molecular weight is 913 g/mol. The molecule has 6 heteroatoms. The van der Waals surface area contributed by atoms with Gasteiger partial charge in [-0.3, -0.25) is 14.4 Å². The van der Waals surface area contributed by atoms with E-state index in [9.17, 15) is 14.4 Å². The van der Waals surface area contributed by atoms with Gasteiger partial charge in [0.1, 0.15) is 13.2 Å². The molecule has 372 valence electrons. The first-order valence-corrected chi connectivity index (χ1v) is 26.6. The summed E-state index contributed by atoms with van der Waals surface area (Å²) in [6.45, 7) is 6.36. The molecule has 0 rings (SSSR count). The van der Waals surface area contributed by atoms with E-state index in [1.54, 1.807) is 0 Å². The zero-order chi connectivity index (χ0) is 47.9. The van der Waals surface area contributed by atoms with Crippen molar-refractivity contribution in [2.45, 2.75) is 226 Å². The smallest absolute Gasteiger partial charge is 0.306 e. The lowest BCUT2D eigenvalue weighted by Gasteiger charge is -2.18. The van der Waals surface area contributed by atoms with Crippen LogP contribution in [0.25, 0.3) is 0 Å².